The fourth-order valence-corrected chi connectivity index (χ4v) is 7.60. The molecule has 6 aromatic rings. The molecule has 14 heteroatoms. The molecule has 0 aliphatic carbocycles. The second kappa shape index (κ2) is 22.8. The van der Waals surface area contributed by atoms with E-state index >= 15 is 0 Å². The molecule has 0 spiro atoms. The van der Waals surface area contributed by atoms with E-state index in [1.165, 1.54) is 29.7 Å². The quantitative estimate of drug-likeness (QED) is 0.0776. The summed E-state index contributed by atoms with van der Waals surface area (Å²) < 4.78 is 22.8. The first kappa shape index (κ1) is 54.2. The molecule has 0 fully saturated rings. The van der Waals surface area contributed by atoms with E-state index in [9.17, 15) is 24.3 Å². The highest BCUT2D eigenvalue weighted by atomic mass is 16.6. The van der Waals surface area contributed by atoms with Crippen LogP contribution in [0, 0.1) is 0 Å². The molecule has 376 valence electrons. The molecule has 70 heavy (non-hydrogen) atoms. The van der Waals surface area contributed by atoms with Gasteiger partial charge in [-0.2, -0.15) is 10.2 Å². The largest absolute Gasteiger partial charge is 0.478 e. The van der Waals surface area contributed by atoms with Crippen LogP contribution in [0.1, 0.15) is 134 Å². The standard InChI is InChI=1S/C29H39N3O4.C27H35N3O4/c1-8-35-26(33)29(5,6)36-24-18-14-21(15-19-24)10-9-11-25-30-32(27(34)31(25)7)20-22-12-16-23(17-13-22)28(2,3)4;1-26(2,3)21-14-10-20(11-15-21)18-30-25(33)29(6)23(28-30)9-7-8-19-12-16-22(17-13-19)34-27(4,5)24(31)32/h12-19H,8-11,20H2,1-7H3;10-17H,7-9,18H2,1-6H3,(H,31,32). The van der Waals surface area contributed by atoms with Crippen LogP contribution in [0.4, 0.5) is 0 Å². The van der Waals surface area contributed by atoms with E-state index in [-0.39, 0.29) is 28.2 Å². The predicted octanol–water partition coefficient (Wildman–Crippen LogP) is 9.17. The Balaban J connectivity index is 0.000000261. The summed E-state index contributed by atoms with van der Waals surface area (Å²) in [5.74, 6) is 1.29. The molecule has 6 rings (SSSR count). The van der Waals surface area contributed by atoms with Gasteiger partial charge in [-0.05, 0) is 129 Å². The van der Waals surface area contributed by atoms with Crippen LogP contribution in [-0.4, -0.2) is 63.5 Å². The molecular weight excluding hydrogens is 885 g/mol. The Hall–Kier alpha value is -6.70. The van der Waals surface area contributed by atoms with E-state index in [2.05, 4.69) is 100 Å². The third-order valence-electron chi connectivity index (χ3n) is 12.2. The Kier molecular flexibility index (Phi) is 17.7. The van der Waals surface area contributed by atoms with Gasteiger partial charge in [0.2, 0.25) is 0 Å². The molecule has 2 heterocycles. The minimum Gasteiger partial charge on any atom is -0.478 e. The van der Waals surface area contributed by atoms with Crippen molar-refractivity contribution < 1.29 is 28.9 Å². The predicted molar refractivity (Wildman–Crippen MR) is 274 cm³/mol. The van der Waals surface area contributed by atoms with E-state index in [0.29, 0.717) is 44.0 Å². The van der Waals surface area contributed by atoms with Crippen molar-refractivity contribution in [3.05, 3.63) is 163 Å². The number of hydrogen-bond donors (Lipinski definition) is 1. The molecule has 2 aromatic heterocycles. The number of aromatic nitrogens is 6. The van der Waals surface area contributed by atoms with Crippen molar-refractivity contribution in [1.29, 1.82) is 0 Å². The normalized spacial score (nSPS) is 12.0. The molecule has 0 atom stereocenters. The fraction of sp³-hybridized carbons (Fsp3) is 0.464. The lowest BCUT2D eigenvalue weighted by Gasteiger charge is -2.24. The maximum absolute atomic E-state index is 12.7. The van der Waals surface area contributed by atoms with Crippen LogP contribution in [0.15, 0.2) is 107 Å². The molecule has 0 saturated heterocycles. The second-order valence-corrected chi connectivity index (χ2v) is 21.0. The van der Waals surface area contributed by atoms with Crippen LogP contribution >= 0.6 is 0 Å². The summed E-state index contributed by atoms with van der Waals surface area (Å²) in [5, 5.41) is 18.4. The number of aliphatic carboxylic acids is 1. The maximum Gasteiger partial charge on any atom is 0.349 e. The van der Waals surface area contributed by atoms with Crippen LogP contribution in [0.3, 0.4) is 0 Å². The Labute approximate surface area is 413 Å². The SMILES string of the molecule is CCOC(=O)C(C)(C)Oc1ccc(CCCc2nn(Cc3ccc(C(C)(C)C)cc3)c(=O)n2C)cc1.Cn1c(CCCc2ccc(OC(C)(C)C(=O)O)cc2)nn(Cc2ccc(C(C)(C)C)cc2)c1=O. The van der Waals surface area contributed by atoms with Crippen molar-refractivity contribution in [1.82, 2.24) is 28.7 Å². The molecule has 0 bridgehead atoms. The second-order valence-electron chi connectivity index (χ2n) is 21.0. The minimum absolute atomic E-state index is 0.0932. The summed E-state index contributed by atoms with van der Waals surface area (Å²) >= 11 is 0. The minimum atomic E-state index is -1.28. The van der Waals surface area contributed by atoms with Crippen LogP contribution in [0.25, 0.3) is 0 Å². The zero-order chi connectivity index (χ0) is 51.6. The van der Waals surface area contributed by atoms with Gasteiger partial charge >= 0.3 is 23.3 Å². The Morgan fingerprint density at radius 2 is 0.857 bits per heavy atom. The number of benzene rings is 4. The summed E-state index contributed by atoms with van der Waals surface area (Å²) in [4.78, 5) is 48.6. The highest BCUT2D eigenvalue weighted by Gasteiger charge is 2.32. The third-order valence-corrected chi connectivity index (χ3v) is 12.2. The summed E-state index contributed by atoms with van der Waals surface area (Å²) in [5.41, 5.74) is 4.55. The van der Waals surface area contributed by atoms with Gasteiger partial charge in [0.1, 0.15) is 23.1 Å². The molecule has 0 unspecified atom stereocenters. The van der Waals surface area contributed by atoms with Gasteiger partial charge in [-0.25, -0.2) is 28.5 Å². The third kappa shape index (κ3) is 14.9. The van der Waals surface area contributed by atoms with Crippen molar-refractivity contribution >= 4 is 11.9 Å². The molecule has 0 radical (unpaired) electrons. The van der Waals surface area contributed by atoms with Gasteiger partial charge in [0, 0.05) is 26.9 Å². The molecule has 14 nitrogen and oxygen atoms in total. The summed E-state index contributed by atoms with van der Waals surface area (Å²) in [6.45, 7) is 22.5. The first-order chi connectivity index (χ1) is 32.8. The lowest BCUT2D eigenvalue weighted by atomic mass is 9.87. The number of carbonyl (C=O) groups excluding carboxylic acids is 1. The number of carboxylic acids is 1. The molecular formula is C56H74N6O8. The van der Waals surface area contributed by atoms with Gasteiger partial charge in [-0.15, -0.1) is 0 Å². The number of carboxylic acid groups (broad SMARTS) is 1. The van der Waals surface area contributed by atoms with Crippen molar-refractivity contribution in [3.8, 4) is 11.5 Å². The van der Waals surface area contributed by atoms with Crippen LogP contribution < -0.4 is 20.9 Å². The molecule has 0 aliphatic heterocycles. The monoisotopic (exact) mass is 959 g/mol. The number of nitrogens with zero attached hydrogens (tertiary/aromatic N) is 6. The van der Waals surface area contributed by atoms with Crippen LogP contribution in [0.5, 0.6) is 11.5 Å². The highest BCUT2D eigenvalue weighted by Crippen LogP contribution is 2.25. The first-order valence-electron chi connectivity index (χ1n) is 24.2. The summed E-state index contributed by atoms with van der Waals surface area (Å²) in [6, 6.07) is 31.9. The van der Waals surface area contributed by atoms with Crippen molar-refractivity contribution in [2.75, 3.05) is 6.61 Å². The average molecular weight is 959 g/mol. The zero-order valence-electron chi connectivity index (χ0n) is 43.6. The number of esters is 1. The van der Waals surface area contributed by atoms with E-state index in [0.717, 1.165) is 59.6 Å². The maximum atomic E-state index is 12.7. The molecule has 0 aliphatic rings. The average Bonchev–Trinajstić information content (AvgIpc) is 3.71. The van der Waals surface area contributed by atoms with Crippen LogP contribution in [0.2, 0.25) is 0 Å². The fourth-order valence-electron chi connectivity index (χ4n) is 7.60. The topological polar surface area (TPSA) is 162 Å². The van der Waals surface area contributed by atoms with Crippen molar-refractivity contribution in [2.45, 2.75) is 150 Å². The smallest absolute Gasteiger partial charge is 0.349 e. The Bertz CT molecular complexity index is 2780. The van der Waals surface area contributed by atoms with E-state index in [1.807, 2.05) is 36.4 Å². The van der Waals surface area contributed by atoms with E-state index < -0.39 is 17.2 Å². The van der Waals surface area contributed by atoms with Gasteiger partial charge in [-0.3, -0.25) is 9.13 Å². The first-order valence-corrected chi connectivity index (χ1v) is 24.2. The van der Waals surface area contributed by atoms with Crippen LogP contribution in [-0.2, 0) is 78.0 Å². The number of hydrogen-bond acceptors (Lipinski definition) is 9. The number of aryl methyl sites for hydroxylation is 4. The lowest BCUT2D eigenvalue weighted by molar-refractivity contribution is -0.158. The highest BCUT2D eigenvalue weighted by molar-refractivity contribution is 5.79. The summed E-state index contributed by atoms with van der Waals surface area (Å²) in [6.07, 6.45) is 4.75. The number of carbonyl (C=O) groups is 2. The van der Waals surface area contributed by atoms with Gasteiger partial charge in [-0.1, -0.05) is 114 Å². The molecule has 0 saturated carbocycles. The number of rotatable bonds is 19. The van der Waals surface area contributed by atoms with E-state index in [4.69, 9.17) is 14.2 Å². The Morgan fingerprint density at radius 1 is 0.514 bits per heavy atom. The van der Waals surface area contributed by atoms with Crippen molar-refractivity contribution in [3.63, 3.8) is 0 Å². The molecule has 1 N–H and O–H groups in total. The van der Waals surface area contributed by atoms with Crippen molar-refractivity contribution in [2.24, 2.45) is 14.1 Å². The molecule has 0 amide bonds. The van der Waals surface area contributed by atoms with Gasteiger partial charge in [0.25, 0.3) is 0 Å². The summed E-state index contributed by atoms with van der Waals surface area (Å²) in [7, 11) is 3.54. The lowest BCUT2D eigenvalue weighted by Crippen LogP contribution is -2.39. The van der Waals surface area contributed by atoms with Gasteiger partial charge in [0.05, 0.1) is 19.7 Å². The molecule has 4 aromatic carbocycles. The van der Waals surface area contributed by atoms with Gasteiger partial charge < -0.3 is 19.3 Å². The van der Waals surface area contributed by atoms with E-state index in [1.54, 1.807) is 60.8 Å². The number of ether oxygens (including phenoxy) is 3. The van der Waals surface area contributed by atoms with Gasteiger partial charge in [0.15, 0.2) is 11.2 Å². The zero-order valence-corrected chi connectivity index (χ0v) is 43.6. The Morgan fingerprint density at radius 3 is 1.19 bits per heavy atom.